The summed E-state index contributed by atoms with van der Waals surface area (Å²) in [5.74, 6) is -1.15. The minimum Gasteiger partial charge on any atom is -0.477 e. The lowest BCUT2D eigenvalue weighted by Gasteiger charge is -2.08. The van der Waals surface area contributed by atoms with Crippen LogP contribution in [0.5, 0.6) is 5.88 Å². The zero-order valence-electron chi connectivity index (χ0n) is 14.4. The van der Waals surface area contributed by atoms with E-state index in [0.29, 0.717) is 31.1 Å². The van der Waals surface area contributed by atoms with Crippen LogP contribution in [-0.4, -0.2) is 29.0 Å². The summed E-state index contributed by atoms with van der Waals surface area (Å²) in [6.07, 6.45) is 1.42. The number of ether oxygens (including phenoxy) is 2. The third kappa shape index (κ3) is 5.55. The number of benzene rings is 1. The van der Waals surface area contributed by atoms with E-state index < -0.39 is 11.6 Å². The molecule has 1 heterocycles. The molecule has 0 N–H and O–H groups in total. The molecule has 5 nitrogen and oxygen atoms in total. The molecule has 0 radical (unpaired) electrons. The molecular formula is C18H22F2N2O3. The van der Waals surface area contributed by atoms with Crippen LogP contribution in [0.3, 0.4) is 0 Å². The molecule has 0 aliphatic heterocycles. The normalized spacial score (nSPS) is 10.7. The van der Waals surface area contributed by atoms with Crippen LogP contribution in [0.25, 0.3) is 0 Å². The largest absolute Gasteiger partial charge is 0.477 e. The number of nitrogens with zero attached hydrogens (tertiary/aromatic N) is 2. The van der Waals surface area contributed by atoms with Crippen molar-refractivity contribution < 1.29 is 23.0 Å². The second kappa shape index (κ2) is 9.15. The van der Waals surface area contributed by atoms with Gasteiger partial charge in [-0.15, -0.1) is 5.10 Å². The van der Waals surface area contributed by atoms with Gasteiger partial charge in [-0.25, -0.2) is 8.78 Å². The molecule has 1 aromatic carbocycles. The van der Waals surface area contributed by atoms with Crippen molar-refractivity contribution in [1.29, 1.82) is 0 Å². The van der Waals surface area contributed by atoms with E-state index in [1.54, 1.807) is 17.7 Å². The quantitative estimate of drug-likeness (QED) is 0.648. The van der Waals surface area contributed by atoms with Crippen LogP contribution in [0.15, 0.2) is 24.3 Å². The molecule has 0 unspecified atom stereocenters. The molecule has 0 bridgehead atoms. The topological polar surface area (TPSA) is 53.4 Å². The Balaban J connectivity index is 2.17. The zero-order chi connectivity index (χ0) is 18.2. The molecule has 2 aromatic rings. The third-order valence-electron chi connectivity index (χ3n) is 3.52. The number of hydrogen-bond acceptors (Lipinski definition) is 4. The molecule has 7 heteroatoms. The van der Waals surface area contributed by atoms with E-state index in [1.165, 1.54) is 12.1 Å². The number of carbonyl (C=O) groups excluding carboxylic acids is 1. The Kier molecular flexibility index (Phi) is 6.91. The van der Waals surface area contributed by atoms with E-state index in [4.69, 9.17) is 9.47 Å². The number of halogens is 2. The summed E-state index contributed by atoms with van der Waals surface area (Å²) in [7, 11) is 0. The molecule has 0 aliphatic carbocycles. The van der Waals surface area contributed by atoms with Crippen molar-refractivity contribution in [2.24, 2.45) is 0 Å². The first-order chi connectivity index (χ1) is 12.0. The SMILES string of the molecule is CCCOc1cc(CCC(=O)OCC)n(Cc2ccc(F)cc2F)n1. The highest BCUT2D eigenvalue weighted by molar-refractivity contribution is 5.69. The lowest BCUT2D eigenvalue weighted by atomic mass is 10.2. The van der Waals surface area contributed by atoms with Gasteiger partial charge in [0.15, 0.2) is 0 Å². The Labute approximate surface area is 145 Å². The van der Waals surface area contributed by atoms with Gasteiger partial charge in [0.1, 0.15) is 11.6 Å². The molecule has 1 aromatic heterocycles. The second-order valence-electron chi connectivity index (χ2n) is 5.52. The molecule has 0 atom stereocenters. The van der Waals surface area contributed by atoms with Crippen LogP contribution in [0.4, 0.5) is 8.78 Å². The van der Waals surface area contributed by atoms with Gasteiger partial charge in [0, 0.05) is 23.4 Å². The van der Waals surface area contributed by atoms with Gasteiger partial charge in [-0.2, -0.15) is 0 Å². The van der Waals surface area contributed by atoms with Gasteiger partial charge < -0.3 is 9.47 Å². The smallest absolute Gasteiger partial charge is 0.306 e. The Morgan fingerprint density at radius 3 is 2.72 bits per heavy atom. The van der Waals surface area contributed by atoms with Crippen LogP contribution in [0.2, 0.25) is 0 Å². The number of carbonyl (C=O) groups is 1. The first-order valence-electron chi connectivity index (χ1n) is 8.32. The average Bonchev–Trinajstić information content (AvgIpc) is 2.96. The summed E-state index contributed by atoms with van der Waals surface area (Å²) in [6, 6.07) is 5.16. The van der Waals surface area contributed by atoms with Gasteiger partial charge in [-0.1, -0.05) is 13.0 Å². The monoisotopic (exact) mass is 352 g/mol. The molecule has 0 saturated heterocycles. The van der Waals surface area contributed by atoms with E-state index in [-0.39, 0.29) is 18.9 Å². The zero-order valence-corrected chi connectivity index (χ0v) is 14.4. The van der Waals surface area contributed by atoms with E-state index in [9.17, 15) is 13.6 Å². The Bertz CT molecular complexity index is 716. The summed E-state index contributed by atoms with van der Waals surface area (Å²) < 4.78 is 39.0. The Morgan fingerprint density at radius 2 is 2.04 bits per heavy atom. The van der Waals surface area contributed by atoms with E-state index in [2.05, 4.69) is 5.10 Å². The van der Waals surface area contributed by atoms with Crippen molar-refractivity contribution in [1.82, 2.24) is 9.78 Å². The van der Waals surface area contributed by atoms with Gasteiger partial charge in [0.25, 0.3) is 0 Å². The summed E-state index contributed by atoms with van der Waals surface area (Å²) >= 11 is 0. The lowest BCUT2D eigenvalue weighted by molar-refractivity contribution is -0.143. The van der Waals surface area contributed by atoms with E-state index >= 15 is 0 Å². The summed E-state index contributed by atoms with van der Waals surface area (Å²) in [6.45, 7) is 4.69. The Hall–Kier alpha value is -2.44. The lowest BCUT2D eigenvalue weighted by Crippen LogP contribution is -2.11. The van der Waals surface area contributed by atoms with Crippen molar-refractivity contribution in [2.75, 3.05) is 13.2 Å². The molecule has 0 amide bonds. The highest BCUT2D eigenvalue weighted by atomic mass is 19.1. The standard InChI is InChI=1S/C18H22F2N2O3/c1-3-9-25-17-11-15(7-8-18(23)24-4-2)22(21-17)12-13-5-6-14(19)10-16(13)20/h5-6,10-11H,3-4,7-9,12H2,1-2H3. The first-order valence-corrected chi connectivity index (χ1v) is 8.32. The van der Waals surface area contributed by atoms with Crippen molar-refractivity contribution in [3.63, 3.8) is 0 Å². The molecule has 25 heavy (non-hydrogen) atoms. The van der Waals surface area contributed by atoms with Crippen LogP contribution in [-0.2, 0) is 22.5 Å². The molecule has 0 aliphatic rings. The van der Waals surface area contributed by atoms with Gasteiger partial charge >= 0.3 is 5.97 Å². The number of aromatic nitrogens is 2. The number of hydrogen-bond donors (Lipinski definition) is 0. The molecule has 0 fully saturated rings. The van der Waals surface area contributed by atoms with E-state index in [1.807, 2.05) is 6.92 Å². The molecular weight excluding hydrogens is 330 g/mol. The molecule has 0 saturated carbocycles. The van der Waals surface area contributed by atoms with Crippen LogP contribution >= 0.6 is 0 Å². The number of rotatable bonds is 9. The van der Waals surface area contributed by atoms with Crippen LogP contribution in [0, 0.1) is 11.6 Å². The number of esters is 1. The van der Waals surface area contributed by atoms with Gasteiger partial charge in [0.05, 0.1) is 26.2 Å². The predicted octanol–water partition coefficient (Wildman–Crippen LogP) is 3.49. The van der Waals surface area contributed by atoms with Gasteiger partial charge in [0.2, 0.25) is 5.88 Å². The summed E-state index contributed by atoms with van der Waals surface area (Å²) in [5.41, 5.74) is 1.03. The maximum absolute atomic E-state index is 13.9. The van der Waals surface area contributed by atoms with Crippen molar-refractivity contribution in [3.05, 3.63) is 47.2 Å². The van der Waals surface area contributed by atoms with E-state index in [0.717, 1.165) is 18.2 Å². The maximum atomic E-state index is 13.9. The highest BCUT2D eigenvalue weighted by Crippen LogP contribution is 2.18. The van der Waals surface area contributed by atoms with Crippen molar-refractivity contribution in [2.45, 2.75) is 39.7 Å². The molecule has 0 spiro atoms. The van der Waals surface area contributed by atoms with Crippen LogP contribution in [0.1, 0.15) is 37.9 Å². The minimum atomic E-state index is -0.636. The van der Waals surface area contributed by atoms with Crippen molar-refractivity contribution in [3.8, 4) is 5.88 Å². The fourth-order valence-electron chi connectivity index (χ4n) is 2.32. The summed E-state index contributed by atoms with van der Waals surface area (Å²) in [5, 5.41) is 4.31. The van der Waals surface area contributed by atoms with Crippen molar-refractivity contribution >= 4 is 5.97 Å². The van der Waals surface area contributed by atoms with Gasteiger partial charge in [-0.05, 0) is 25.8 Å². The van der Waals surface area contributed by atoms with Gasteiger partial charge in [-0.3, -0.25) is 9.48 Å². The number of aryl methyl sites for hydroxylation is 1. The predicted molar refractivity (Wildman–Crippen MR) is 88.4 cm³/mol. The molecule has 136 valence electrons. The second-order valence-corrected chi connectivity index (χ2v) is 5.52. The maximum Gasteiger partial charge on any atom is 0.306 e. The highest BCUT2D eigenvalue weighted by Gasteiger charge is 2.14. The summed E-state index contributed by atoms with van der Waals surface area (Å²) in [4.78, 5) is 11.6. The third-order valence-corrected chi connectivity index (χ3v) is 3.52. The first kappa shape index (κ1) is 18.9. The van der Waals surface area contributed by atoms with Crippen LogP contribution < -0.4 is 4.74 Å². The molecule has 2 rings (SSSR count). The minimum absolute atomic E-state index is 0.125. The fourth-order valence-corrected chi connectivity index (χ4v) is 2.32. The Morgan fingerprint density at radius 1 is 1.24 bits per heavy atom. The average molecular weight is 352 g/mol. The fraction of sp³-hybridized carbons (Fsp3) is 0.444.